The summed E-state index contributed by atoms with van der Waals surface area (Å²) in [4.78, 5) is 13.1. The summed E-state index contributed by atoms with van der Waals surface area (Å²) in [6.07, 6.45) is 0. The molecule has 0 atom stereocenters. The Hall–Kier alpha value is -2.28. The predicted octanol–water partition coefficient (Wildman–Crippen LogP) is 4.78. The first-order valence-electron chi connectivity index (χ1n) is 10.6. The third-order valence-electron chi connectivity index (χ3n) is 5.31. The number of carbonyl (C=O) groups excluding carboxylic acids is 1. The number of rotatable bonds is 7. The summed E-state index contributed by atoms with van der Waals surface area (Å²) in [5.74, 6) is 0.865. The first kappa shape index (κ1) is 26.8. The number of benzene rings is 3. The summed E-state index contributed by atoms with van der Waals surface area (Å²) < 4.78 is 55.1. The largest absolute Gasteiger partial charge is 0.322 e. The molecule has 1 aliphatic heterocycles. The average Bonchev–Trinajstić information content (AvgIpc) is 2.86. The Kier molecular flexibility index (Phi) is 8.18. The van der Waals surface area contributed by atoms with E-state index < -0.39 is 26.0 Å². The van der Waals surface area contributed by atoms with Crippen molar-refractivity contribution in [2.75, 3.05) is 34.6 Å². The molecule has 13 heteroatoms. The van der Waals surface area contributed by atoms with Crippen LogP contribution >= 0.6 is 35.0 Å². The van der Waals surface area contributed by atoms with Gasteiger partial charge < -0.3 is 5.32 Å². The highest BCUT2D eigenvalue weighted by molar-refractivity contribution is 7.99. The predicted molar refractivity (Wildman–Crippen MR) is 144 cm³/mol. The van der Waals surface area contributed by atoms with Crippen molar-refractivity contribution in [3.8, 4) is 0 Å². The summed E-state index contributed by atoms with van der Waals surface area (Å²) in [6.45, 7) is 0.907. The molecule has 36 heavy (non-hydrogen) atoms. The van der Waals surface area contributed by atoms with Crippen LogP contribution in [0.2, 0.25) is 10.0 Å². The average molecular weight is 587 g/mol. The van der Waals surface area contributed by atoms with Gasteiger partial charge in [-0.05, 0) is 66.7 Å². The van der Waals surface area contributed by atoms with Gasteiger partial charge in [0.2, 0.25) is 10.0 Å². The summed E-state index contributed by atoms with van der Waals surface area (Å²) >= 11 is 13.6. The van der Waals surface area contributed by atoms with Crippen LogP contribution in [-0.2, 0) is 20.0 Å². The normalized spacial score (nSPS) is 14.8. The van der Waals surface area contributed by atoms with Crippen LogP contribution in [-0.4, -0.2) is 51.6 Å². The fraction of sp³-hybridized carbons (Fsp3) is 0.174. The van der Waals surface area contributed by atoms with Crippen molar-refractivity contribution >= 4 is 72.3 Å². The monoisotopic (exact) mass is 585 g/mol. The fourth-order valence-electron chi connectivity index (χ4n) is 3.46. The minimum Gasteiger partial charge on any atom is -0.322 e. The highest BCUT2D eigenvalue weighted by Gasteiger charge is 2.26. The van der Waals surface area contributed by atoms with Crippen molar-refractivity contribution in [3.63, 3.8) is 0 Å². The zero-order valence-corrected chi connectivity index (χ0v) is 22.6. The number of carbonyl (C=O) groups is 1. The van der Waals surface area contributed by atoms with Crippen molar-refractivity contribution in [1.29, 1.82) is 0 Å². The van der Waals surface area contributed by atoms with Crippen LogP contribution < -0.4 is 10.0 Å². The van der Waals surface area contributed by atoms with E-state index in [9.17, 15) is 21.6 Å². The van der Waals surface area contributed by atoms with E-state index in [1.54, 1.807) is 11.8 Å². The van der Waals surface area contributed by atoms with E-state index in [4.69, 9.17) is 23.2 Å². The summed E-state index contributed by atoms with van der Waals surface area (Å²) in [7, 11) is -7.63. The minimum atomic E-state index is -4.01. The van der Waals surface area contributed by atoms with E-state index in [1.165, 1.54) is 71.0 Å². The van der Waals surface area contributed by atoms with Crippen LogP contribution in [0.1, 0.15) is 10.4 Å². The molecule has 0 radical (unpaired) electrons. The second kappa shape index (κ2) is 11.0. The van der Waals surface area contributed by atoms with Crippen molar-refractivity contribution in [3.05, 3.63) is 82.3 Å². The van der Waals surface area contributed by atoms with Gasteiger partial charge in [0.25, 0.3) is 15.9 Å². The molecule has 1 heterocycles. The van der Waals surface area contributed by atoms with Gasteiger partial charge in [-0.3, -0.25) is 9.52 Å². The van der Waals surface area contributed by atoms with E-state index in [0.717, 1.165) is 11.5 Å². The Morgan fingerprint density at radius 2 is 1.39 bits per heavy atom. The molecule has 0 unspecified atom stereocenters. The van der Waals surface area contributed by atoms with Crippen molar-refractivity contribution in [2.45, 2.75) is 9.79 Å². The molecule has 0 saturated carbocycles. The molecule has 0 bridgehead atoms. The Bertz CT molecular complexity index is 1470. The Balaban J connectivity index is 1.54. The molecule has 1 amide bonds. The zero-order chi connectivity index (χ0) is 25.9. The van der Waals surface area contributed by atoms with Gasteiger partial charge in [-0.1, -0.05) is 23.2 Å². The number of amides is 1. The van der Waals surface area contributed by atoms with Gasteiger partial charge in [0.15, 0.2) is 0 Å². The quantitative estimate of drug-likeness (QED) is 0.412. The molecule has 1 saturated heterocycles. The fourth-order valence-corrected chi connectivity index (χ4v) is 7.41. The van der Waals surface area contributed by atoms with Crippen molar-refractivity contribution in [1.82, 2.24) is 4.31 Å². The molecule has 1 fully saturated rings. The van der Waals surface area contributed by atoms with Crippen LogP contribution in [0.5, 0.6) is 0 Å². The molecule has 3 aromatic rings. The molecule has 0 aliphatic carbocycles. The van der Waals surface area contributed by atoms with Crippen LogP contribution in [0.4, 0.5) is 11.4 Å². The number of hydrogen-bond donors (Lipinski definition) is 2. The SMILES string of the molecule is O=C(Nc1ccc(S(=O)(=O)N2CCSCC2)cc1)c1cc(Cl)ccc1NS(=O)(=O)c1ccc(Cl)cc1. The first-order chi connectivity index (χ1) is 17.1. The Labute approximate surface area is 224 Å². The maximum absolute atomic E-state index is 13.0. The molecule has 4 rings (SSSR count). The lowest BCUT2D eigenvalue weighted by molar-refractivity contribution is 0.102. The lowest BCUT2D eigenvalue weighted by atomic mass is 10.1. The summed E-state index contributed by atoms with van der Waals surface area (Å²) in [6, 6.07) is 15.6. The standard InChI is InChI=1S/C23H21Cl2N3O5S3/c24-16-1-6-19(7-2-16)35(30,31)27-22-10-3-17(25)15-21(22)23(29)26-18-4-8-20(9-5-18)36(32,33)28-11-13-34-14-12-28/h1-10,15,27H,11-14H2,(H,26,29). The number of anilines is 2. The third-order valence-corrected chi connectivity index (χ3v) is 10.0. The van der Waals surface area contributed by atoms with Gasteiger partial charge in [0.1, 0.15) is 0 Å². The number of nitrogens with one attached hydrogen (secondary N) is 2. The smallest absolute Gasteiger partial charge is 0.261 e. The molecular formula is C23H21Cl2N3O5S3. The second-order valence-corrected chi connectivity index (χ2v) is 13.5. The number of nitrogens with zero attached hydrogens (tertiary/aromatic N) is 1. The zero-order valence-electron chi connectivity index (χ0n) is 18.6. The summed E-state index contributed by atoms with van der Waals surface area (Å²) in [5, 5.41) is 3.27. The van der Waals surface area contributed by atoms with E-state index in [1.807, 2.05) is 0 Å². The number of halogens is 2. The van der Waals surface area contributed by atoms with Crippen LogP contribution in [0.3, 0.4) is 0 Å². The van der Waals surface area contributed by atoms with Crippen LogP contribution in [0, 0.1) is 0 Å². The Morgan fingerprint density at radius 3 is 2.03 bits per heavy atom. The maximum atomic E-state index is 13.0. The third kappa shape index (κ3) is 6.16. The first-order valence-corrected chi connectivity index (χ1v) is 15.5. The van der Waals surface area contributed by atoms with Gasteiger partial charge in [0, 0.05) is 40.3 Å². The minimum absolute atomic E-state index is 0.0115. The van der Waals surface area contributed by atoms with Gasteiger partial charge in [-0.25, -0.2) is 16.8 Å². The number of thioether (sulfide) groups is 1. The van der Waals surface area contributed by atoms with E-state index in [0.29, 0.717) is 23.8 Å². The van der Waals surface area contributed by atoms with Gasteiger partial charge in [0.05, 0.1) is 21.0 Å². The molecule has 190 valence electrons. The van der Waals surface area contributed by atoms with Gasteiger partial charge >= 0.3 is 0 Å². The van der Waals surface area contributed by atoms with Crippen molar-refractivity contribution < 1.29 is 21.6 Å². The van der Waals surface area contributed by atoms with E-state index in [2.05, 4.69) is 10.0 Å². The molecule has 1 aliphatic rings. The highest BCUT2D eigenvalue weighted by atomic mass is 35.5. The molecule has 0 spiro atoms. The molecular weight excluding hydrogens is 565 g/mol. The summed E-state index contributed by atoms with van der Waals surface area (Å²) in [5.41, 5.74) is 0.344. The van der Waals surface area contributed by atoms with Crippen molar-refractivity contribution in [2.24, 2.45) is 0 Å². The van der Waals surface area contributed by atoms with E-state index >= 15 is 0 Å². The molecule has 0 aromatic heterocycles. The topological polar surface area (TPSA) is 113 Å². The second-order valence-electron chi connectivity index (χ2n) is 7.74. The maximum Gasteiger partial charge on any atom is 0.261 e. The van der Waals surface area contributed by atoms with Crippen LogP contribution in [0.25, 0.3) is 0 Å². The Morgan fingerprint density at radius 1 is 0.806 bits per heavy atom. The highest BCUT2D eigenvalue weighted by Crippen LogP contribution is 2.26. The lowest BCUT2D eigenvalue weighted by Gasteiger charge is -2.25. The molecule has 2 N–H and O–H groups in total. The molecule has 8 nitrogen and oxygen atoms in total. The lowest BCUT2D eigenvalue weighted by Crippen LogP contribution is -2.37. The van der Waals surface area contributed by atoms with Crippen LogP contribution in [0.15, 0.2) is 76.5 Å². The number of sulfonamides is 2. The van der Waals surface area contributed by atoms with E-state index in [-0.39, 0.29) is 26.1 Å². The number of hydrogen-bond acceptors (Lipinski definition) is 6. The van der Waals surface area contributed by atoms with Gasteiger partial charge in [-0.15, -0.1) is 0 Å². The van der Waals surface area contributed by atoms with Gasteiger partial charge in [-0.2, -0.15) is 16.1 Å². The molecule has 3 aromatic carbocycles.